The molecule has 1 aromatic carbocycles. The summed E-state index contributed by atoms with van der Waals surface area (Å²) in [5.41, 5.74) is 3.38. The van der Waals surface area contributed by atoms with E-state index in [-0.39, 0.29) is 5.97 Å². The smallest absolute Gasteiger partial charge is 0.308 e. The Morgan fingerprint density at radius 1 is 1.19 bits per heavy atom. The Balaban J connectivity index is 1.94. The van der Waals surface area contributed by atoms with E-state index in [1.165, 1.54) is 6.92 Å². The molecule has 0 saturated heterocycles. The molecule has 3 heterocycles. The molecule has 0 N–H and O–H groups in total. The van der Waals surface area contributed by atoms with Gasteiger partial charge in [-0.25, -0.2) is 9.97 Å². The fourth-order valence-corrected chi connectivity index (χ4v) is 3.46. The fraction of sp³-hybridized carbons (Fsp3) is 0.350. The van der Waals surface area contributed by atoms with Crippen molar-refractivity contribution in [3.8, 4) is 5.75 Å². The van der Waals surface area contributed by atoms with Crippen molar-refractivity contribution in [2.45, 2.75) is 33.7 Å². The number of rotatable bonds is 6. The van der Waals surface area contributed by atoms with Crippen LogP contribution < -0.4 is 4.74 Å². The van der Waals surface area contributed by atoms with Crippen LogP contribution in [0.1, 0.15) is 26.1 Å². The summed E-state index contributed by atoms with van der Waals surface area (Å²) in [5.74, 6) is 0.963. The van der Waals surface area contributed by atoms with E-state index in [2.05, 4.69) is 0 Å². The summed E-state index contributed by atoms with van der Waals surface area (Å²) < 4.78 is 15.0. The van der Waals surface area contributed by atoms with Gasteiger partial charge in [0.25, 0.3) is 0 Å². The summed E-state index contributed by atoms with van der Waals surface area (Å²) >= 11 is 0. The molecule has 0 fully saturated rings. The molecule has 0 aliphatic heterocycles. The average molecular weight is 366 g/mol. The highest BCUT2D eigenvalue weighted by atomic mass is 16.5. The lowest BCUT2D eigenvalue weighted by atomic mass is 10.3. The first-order valence-corrected chi connectivity index (χ1v) is 9.13. The van der Waals surface area contributed by atoms with Crippen molar-refractivity contribution in [1.29, 1.82) is 0 Å². The maximum absolute atomic E-state index is 11.6. The number of ether oxygens (including phenoxy) is 2. The first-order chi connectivity index (χ1) is 13.1. The second-order valence-corrected chi connectivity index (χ2v) is 6.45. The summed E-state index contributed by atoms with van der Waals surface area (Å²) in [4.78, 5) is 21.2. The van der Waals surface area contributed by atoms with Crippen molar-refractivity contribution >= 4 is 33.7 Å². The molecule has 0 aliphatic carbocycles. The molecular weight excluding hydrogens is 344 g/mol. The summed E-state index contributed by atoms with van der Waals surface area (Å²) in [7, 11) is 0. The van der Waals surface area contributed by atoms with Gasteiger partial charge in [-0.15, -0.1) is 0 Å². The second-order valence-electron chi connectivity index (χ2n) is 6.45. The maximum Gasteiger partial charge on any atom is 0.308 e. The first-order valence-electron chi connectivity index (χ1n) is 9.13. The second kappa shape index (κ2) is 7.00. The van der Waals surface area contributed by atoms with Gasteiger partial charge in [0.1, 0.15) is 16.9 Å². The number of fused-ring (bicyclic) bond motifs is 5. The molecular formula is C20H22N4O3. The van der Waals surface area contributed by atoms with E-state index in [4.69, 9.17) is 19.4 Å². The summed E-state index contributed by atoms with van der Waals surface area (Å²) in [6.07, 6.45) is 2.68. The highest BCUT2D eigenvalue weighted by molar-refractivity contribution is 6.00. The maximum atomic E-state index is 11.6. The number of aryl methyl sites for hydroxylation is 2. The lowest BCUT2D eigenvalue weighted by Gasteiger charge is -2.07. The largest absolute Gasteiger partial charge is 0.424 e. The molecule has 0 atom stereocenters. The number of carbonyl (C=O) groups excluding carboxylic acids is 1. The molecule has 0 bridgehead atoms. The topological polar surface area (TPSA) is 70.7 Å². The lowest BCUT2D eigenvalue weighted by Crippen LogP contribution is -2.04. The molecule has 0 radical (unpaired) electrons. The number of para-hydroxylation sites is 2. The minimum Gasteiger partial charge on any atom is -0.424 e. The lowest BCUT2D eigenvalue weighted by molar-refractivity contribution is -0.131. The van der Waals surface area contributed by atoms with Gasteiger partial charge in [-0.2, -0.15) is 0 Å². The zero-order valence-electron chi connectivity index (χ0n) is 15.7. The predicted octanol–water partition coefficient (Wildman–Crippen LogP) is 3.50. The molecule has 0 spiro atoms. The number of aromatic nitrogens is 4. The Morgan fingerprint density at radius 2 is 2.00 bits per heavy atom. The number of imidazole rings is 1. The van der Waals surface area contributed by atoms with Crippen LogP contribution in [0, 0.1) is 6.92 Å². The van der Waals surface area contributed by atoms with Crippen molar-refractivity contribution in [2.24, 2.45) is 0 Å². The van der Waals surface area contributed by atoms with E-state index in [9.17, 15) is 4.79 Å². The first kappa shape index (κ1) is 17.5. The molecule has 7 heteroatoms. The van der Waals surface area contributed by atoms with Gasteiger partial charge in [-0.05, 0) is 32.4 Å². The Kier molecular flexibility index (Phi) is 4.53. The summed E-state index contributed by atoms with van der Waals surface area (Å²) in [5, 5.41) is 0.753. The fourth-order valence-electron chi connectivity index (χ4n) is 3.46. The summed E-state index contributed by atoms with van der Waals surface area (Å²) in [6, 6.07) is 7.92. The van der Waals surface area contributed by atoms with Crippen molar-refractivity contribution in [2.75, 3.05) is 13.2 Å². The van der Waals surface area contributed by atoms with Crippen LogP contribution in [-0.4, -0.2) is 38.1 Å². The zero-order valence-corrected chi connectivity index (χ0v) is 15.7. The van der Waals surface area contributed by atoms with Gasteiger partial charge in [0.15, 0.2) is 11.4 Å². The van der Waals surface area contributed by atoms with Crippen LogP contribution in [0.5, 0.6) is 5.75 Å². The van der Waals surface area contributed by atoms with Gasteiger partial charge in [0.2, 0.25) is 0 Å². The van der Waals surface area contributed by atoms with E-state index in [1.807, 2.05) is 53.3 Å². The molecule has 0 saturated carbocycles. The molecule has 140 valence electrons. The minimum atomic E-state index is -0.363. The third-order valence-electron chi connectivity index (χ3n) is 4.54. The standard InChI is InChI=1S/C20H22N4O3/c1-4-26-11-7-10-23-12-17(27-14(3)25)18-19(23)21-13(2)24-16-9-6-5-8-15(16)22-20(18)24/h5-6,8-9,12H,4,7,10-11H2,1-3H3. The van der Waals surface area contributed by atoms with Crippen LogP contribution >= 0.6 is 0 Å². The van der Waals surface area contributed by atoms with E-state index in [0.29, 0.717) is 19.0 Å². The van der Waals surface area contributed by atoms with Gasteiger partial charge in [0.05, 0.1) is 11.0 Å². The van der Waals surface area contributed by atoms with Crippen LogP contribution in [0.25, 0.3) is 27.7 Å². The van der Waals surface area contributed by atoms with Crippen LogP contribution in [-0.2, 0) is 16.1 Å². The number of esters is 1. The van der Waals surface area contributed by atoms with Crippen LogP contribution in [0.2, 0.25) is 0 Å². The molecule has 4 rings (SSSR count). The van der Waals surface area contributed by atoms with Crippen LogP contribution in [0.15, 0.2) is 30.5 Å². The molecule has 0 amide bonds. The third-order valence-corrected chi connectivity index (χ3v) is 4.54. The normalized spacial score (nSPS) is 11.7. The van der Waals surface area contributed by atoms with Crippen molar-refractivity contribution in [3.05, 3.63) is 36.3 Å². The predicted molar refractivity (Wildman–Crippen MR) is 103 cm³/mol. The molecule has 0 unspecified atom stereocenters. The summed E-state index contributed by atoms with van der Waals surface area (Å²) in [6.45, 7) is 7.44. The van der Waals surface area contributed by atoms with Crippen molar-refractivity contribution < 1.29 is 14.3 Å². The third kappa shape index (κ3) is 3.04. The molecule has 3 aromatic heterocycles. The molecule has 7 nitrogen and oxygen atoms in total. The van der Waals surface area contributed by atoms with Crippen LogP contribution in [0.3, 0.4) is 0 Å². The van der Waals surface area contributed by atoms with Gasteiger partial charge in [-0.3, -0.25) is 9.20 Å². The SMILES string of the molecule is CCOCCCn1cc(OC(C)=O)c2c1nc(C)n1c3ccccc3nc21. The molecule has 4 aromatic rings. The van der Waals surface area contributed by atoms with Crippen LogP contribution in [0.4, 0.5) is 0 Å². The molecule has 27 heavy (non-hydrogen) atoms. The number of benzene rings is 1. The minimum absolute atomic E-state index is 0.363. The van der Waals surface area contributed by atoms with E-state index >= 15 is 0 Å². The van der Waals surface area contributed by atoms with E-state index in [0.717, 1.165) is 46.5 Å². The highest BCUT2D eigenvalue weighted by Gasteiger charge is 2.20. The van der Waals surface area contributed by atoms with Gasteiger partial charge in [-0.1, -0.05) is 12.1 Å². The van der Waals surface area contributed by atoms with Crippen molar-refractivity contribution in [3.63, 3.8) is 0 Å². The number of hydrogen-bond acceptors (Lipinski definition) is 5. The van der Waals surface area contributed by atoms with Crippen molar-refractivity contribution in [1.82, 2.24) is 18.9 Å². The quantitative estimate of drug-likeness (QED) is 0.386. The highest BCUT2D eigenvalue weighted by Crippen LogP contribution is 2.33. The van der Waals surface area contributed by atoms with E-state index in [1.54, 1.807) is 0 Å². The number of hydrogen-bond donors (Lipinski definition) is 0. The Morgan fingerprint density at radius 3 is 2.78 bits per heavy atom. The average Bonchev–Trinajstić information content (AvgIpc) is 3.17. The van der Waals surface area contributed by atoms with Gasteiger partial charge in [0, 0.05) is 32.9 Å². The zero-order chi connectivity index (χ0) is 19.0. The molecule has 0 aliphatic rings. The monoisotopic (exact) mass is 366 g/mol. The Bertz CT molecular complexity index is 1140. The number of nitrogens with zero attached hydrogens (tertiary/aromatic N) is 4. The number of carbonyl (C=O) groups is 1. The Labute approximate surface area is 156 Å². The van der Waals surface area contributed by atoms with Gasteiger partial charge < -0.3 is 14.0 Å². The Hall–Kier alpha value is -2.93. The van der Waals surface area contributed by atoms with E-state index < -0.39 is 0 Å². The van der Waals surface area contributed by atoms with Gasteiger partial charge >= 0.3 is 5.97 Å².